The number of benzene rings is 1. The van der Waals surface area contributed by atoms with Gasteiger partial charge >= 0.3 is 5.97 Å². The van der Waals surface area contributed by atoms with Gasteiger partial charge in [0.15, 0.2) is 4.88 Å². The summed E-state index contributed by atoms with van der Waals surface area (Å²) in [6, 6.07) is 9.55. The fourth-order valence-corrected chi connectivity index (χ4v) is 2.68. The van der Waals surface area contributed by atoms with E-state index in [0.29, 0.717) is 19.0 Å². The summed E-state index contributed by atoms with van der Waals surface area (Å²) in [5.74, 6) is 0.258. The molecule has 0 radical (unpaired) electrons. The van der Waals surface area contributed by atoms with Crippen molar-refractivity contribution in [2.75, 3.05) is 13.2 Å². The number of hydrogen-bond acceptors (Lipinski definition) is 4. The summed E-state index contributed by atoms with van der Waals surface area (Å²) in [5, 5.41) is 9.13. The smallest absolute Gasteiger partial charge is 0.349 e. The molecule has 0 amide bonds. The zero-order chi connectivity index (χ0) is 15.2. The molecule has 21 heavy (non-hydrogen) atoms. The van der Waals surface area contributed by atoms with E-state index in [1.54, 1.807) is 6.07 Å². The molecular formula is C16H18O4S. The summed E-state index contributed by atoms with van der Waals surface area (Å²) >= 11 is 1.26. The molecule has 1 aromatic heterocycles. The van der Waals surface area contributed by atoms with Crippen LogP contribution in [0.4, 0.5) is 0 Å². The Labute approximate surface area is 128 Å². The standard InChI is InChI=1S/C16H18O4S/c1-3-13-10-14(15(21-13)16(17)18)20-9-8-19-12-6-4-11(2)5-7-12/h4-7,10H,3,8-9H2,1-2H3,(H,17,18). The minimum Gasteiger partial charge on any atom is -0.490 e. The molecule has 0 atom stereocenters. The normalized spacial score (nSPS) is 10.4. The highest BCUT2D eigenvalue weighted by Gasteiger charge is 2.16. The van der Waals surface area contributed by atoms with Crippen LogP contribution in [-0.4, -0.2) is 24.3 Å². The van der Waals surface area contributed by atoms with Crippen LogP contribution < -0.4 is 9.47 Å². The molecule has 0 saturated carbocycles. The fourth-order valence-electron chi connectivity index (χ4n) is 1.80. The van der Waals surface area contributed by atoms with Gasteiger partial charge in [0.1, 0.15) is 24.7 Å². The van der Waals surface area contributed by atoms with Crippen molar-refractivity contribution in [3.63, 3.8) is 0 Å². The van der Waals surface area contributed by atoms with Crippen molar-refractivity contribution in [1.82, 2.24) is 0 Å². The van der Waals surface area contributed by atoms with E-state index < -0.39 is 5.97 Å². The predicted octanol–water partition coefficient (Wildman–Crippen LogP) is 3.77. The SMILES string of the molecule is CCc1cc(OCCOc2ccc(C)cc2)c(C(=O)O)s1. The molecule has 0 unspecified atom stereocenters. The van der Waals surface area contributed by atoms with Crippen molar-refractivity contribution < 1.29 is 19.4 Å². The molecule has 2 aromatic rings. The van der Waals surface area contributed by atoms with Crippen LogP contribution in [0.5, 0.6) is 11.5 Å². The van der Waals surface area contributed by atoms with Gasteiger partial charge in [-0.25, -0.2) is 4.79 Å². The number of hydrogen-bond donors (Lipinski definition) is 1. The van der Waals surface area contributed by atoms with Gasteiger partial charge in [0.2, 0.25) is 0 Å². The number of rotatable bonds is 7. The highest BCUT2D eigenvalue weighted by atomic mass is 32.1. The molecule has 112 valence electrons. The minimum atomic E-state index is -0.950. The van der Waals surface area contributed by atoms with E-state index in [9.17, 15) is 4.79 Å². The van der Waals surface area contributed by atoms with E-state index in [-0.39, 0.29) is 4.88 Å². The number of carboxylic acids is 1. The van der Waals surface area contributed by atoms with Crippen molar-refractivity contribution >= 4 is 17.3 Å². The summed E-state index contributed by atoms with van der Waals surface area (Å²) < 4.78 is 11.1. The molecule has 4 nitrogen and oxygen atoms in total. The third kappa shape index (κ3) is 4.23. The Morgan fingerprint density at radius 1 is 1.19 bits per heavy atom. The van der Waals surface area contributed by atoms with Gasteiger partial charge in [-0.05, 0) is 31.5 Å². The summed E-state index contributed by atoms with van der Waals surface area (Å²) in [6.45, 7) is 4.69. The van der Waals surface area contributed by atoms with Gasteiger partial charge in [0.05, 0.1) is 0 Å². The first kappa shape index (κ1) is 15.4. The number of aryl methyl sites for hydroxylation is 2. The molecule has 0 aliphatic heterocycles. The van der Waals surface area contributed by atoms with Gasteiger partial charge in [0, 0.05) is 4.88 Å². The second kappa shape index (κ2) is 7.13. The minimum absolute atomic E-state index is 0.252. The van der Waals surface area contributed by atoms with Crippen LogP contribution in [0.25, 0.3) is 0 Å². The van der Waals surface area contributed by atoms with E-state index in [4.69, 9.17) is 14.6 Å². The highest BCUT2D eigenvalue weighted by Crippen LogP contribution is 2.29. The topological polar surface area (TPSA) is 55.8 Å². The number of carboxylic acid groups (broad SMARTS) is 1. The van der Waals surface area contributed by atoms with E-state index in [1.807, 2.05) is 38.1 Å². The zero-order valence-electron chi connectivity index (χ0n) is 12.1. The van der Waals surface area contributed by atoms with Crippen LogP contribution in [0, 0.1) is 6.92 Å². The number of thiophene rings is 1. The second-order valence-electron chi connectivity index (χ2n) is 4.57. The molecule has 0 bridgehead atoms. The van der Waals surface area contributed by atoms with Gasteiger partial charge in [0.25, 0.3) is 0 Å². The van der Waals surface area contributed by atoms with Gasteiger partial charge in [-0.1, -0.05) is 24.6 Å². The maximum Gasteiger partial charge on any atom is 0.349 e. The maximum atomic E-state index is 11.1. The molecule has 2 rings (SSSR count). The largest absolute Gasteiger partial charge is 0.490 e. The first-order valence-corrected chi connectivity index (χ1v) is 7.60. The average molecular weight is 306 g/mol. The van der Waals surface area contributed by atoms with Gasteiger partial charge < -0.3 is 14.6 Å². The Bertz CT molecular complexity index is 601. The molecule has 0 aliphatic rings. The number of aromatic carboxylic acids is 1. The Hall–Kier alpha value is -2.01. The number of carbonyl (C=O) groups is 1. The van der Waals surface area contributed by atoms with E-state index in [1.165, 1.54) is 16.9 Å². The van der Waals surface area contributed by atoms with Crippen LogP contribution in [0.15, 0.2) is 30.3 Å². The van der Waals surface area contributed by atoms with Crippen molar-refractivity contribution in [3.05, 3.63) is 45.6 Å². The lowest BCUT2D eigenvalue weighted by Crippen LogP contribution is -2.10. The third-order valence-electron chi connectivity index (χ3n) is 2.92. The van der Waals surface area contributed by atoms with Crippen molar-refractivity contribution in [3.8, 4) is 11.5 Å². The Balaban J connectivity index is 1.87. The third-order valence-corrected chi connectivity index (χ3v) is 4.17. The van der Waals surface area contributed by atoms with E-state index in [0.717, 1.165) is 17.0 Å². The quantitative estimate of drug-likeness (QED) is 0.791. The van der Waals surface area contributed by atoms with Crippen molar-refractivity contribution in [2.45, 2.75) is 20.3 Å². The molecule has 5 heteroatoms. The van der Waals surface area contributed by atoms with Crippen LogP contribution >= 0.6 is 11.3 Å². The zero-order valence-corrected chi connectivity index (χ0v) is 12.9. The lowest BCUT2D eigenvalue weighted by Gasteiger charge is -2.08. The van der Waals surface area contributed by atoms with Gasteiger partial charge in [-0.2, -0.15) is 0 Å². The summed E-state index contributed by atoms with van der Waals surface area (Å²) in [4.78, 5) is 12.4. The van der Waals surface area contributed by atoms with Gasteiger partial charge in [-0.15, -0.1) is 11.3 Å². The molecule has 0 spiro atoms. The fraction of sp³-hybridized carbons (Fsp3) is 0.312. The van der Waals surface area contributed by atoms with Crippen LogP contribution in [0.2, 0.25) is 0 Å². The Morgan fingerprint density at radius 3 is 2.48 bits per heavy atom. The second-order valence-corrected chi connectivity index (χ2v) is 5.71. The van der Waals surface area contributed by atoms with E-state index >= 15 is 0 Å². The number of ether oxygens (including phenoxy) is 2. The lowest BCUT2D eigenvalue weighted by molar-refractivity contribution is 0.0697. The lowest BCUT2D eigenvalue weighted by atomic mass is 10.2. The van der Waals surface area contributed by atoms with Crippen molar-refractivity contribution in [2.24, 2.45) is 0 Å². The average Bonchev–Trinajstić information content (AvgIpc) is 2.89. The van der Waals surface area contributed by atoms with Crippen molar-refractivity contribution in [1.29, 1.82) is 0 Å². The Kier molecular flexibility index (Phi) is 5.22. The molecule has 1 N–H and O–H groups in total. The summed E-state index contributed by atoms with van der Waals surface area (Å²) in [7, 11) is 0. The first-order chi connectivity index (χ1) is 10.1. The predicted molar refractivity (Wildman–Crippen MR) is 82.8 cm³/mol. The van der Waals surface area contributed by atoms with Crippen LogP contribution in [-0.2, 0) is 6.42 Å². The summed E-state index contributed by atoms with van der Waals surface area (Å²) in [5.41, 5.74) is 1.18. The van der Waals surface area contributed by atoms with Gasteiger partial charge in [-0.3, -0.25) is 0 Å². The molecule has 0 saturated heterocycles. The maximum absolute atomic E-state index is 11.1. The molecule has 1 heterocycles. The van der Waals surface area contributed by atoms with E-state index in [2.05, 4.69) is 0 Å². The highest BCUT2D eigenvalue weighted by molar-refractivity contribution is 7.14. The summed E-state index contributed by atoms with van der Waals surface area (Å²) in [6.07, 6.45) is 0.800. The molecule has 0 aliphatic carbocycles. The molecule has 0 fully saturated rings. The Morgan fingerprint density at radius 2 is 1.86 bits per heavy atom. The van der Waals surface area contributed by atoms with Crippen LogP contribution in [0.1, 0.15) is 27.0 Å². The first-order valence-electron chi connectivity index (χ1n) is 6.78. The molecular weight excluding hydrogens is 288 g/mol. The molecule has 1 aromatic carbocycles. The van der Waals surface area contributed by atoms with Crippen LogP contribution in [0.3, 0.4) is 0 Å². The monoisotopic (exact) mass is 306 g/mol.